The average Bonchev–Trinajstić information content (AvgIpc) is 2.09. The zero-order valence-electron chi connectivity index (χ0n) is 6.35. The van der Waals surface area contributed by atoms with Gasteiger partial charge in [0.1, 0.15) is 17.6 Å². The molecule has 1 aromatic carbocycles. The number of hydrogen-bond acceptors (Lipinski definition) is 2. The summed E-state index contributed by atoms with van der Waals surface area (Å²) in [5, 5.41) is 8.49. The fraction of sp³-hybridized carbons (Fsp3) is 0.125. The molecule has 68 valence electrons. The van der Waals surface area contributed by atoms with Crippen molar-refractivity contribution >= 4 is 27.5 Å². The smallest absolute Gasteiger partial charge is 0.174 e. The number of halogens is 3. The van der Waals surface area contributed by atoms with Gasteiger partial charge < -0.3 is 4.74 Å². The summed E-state index contributed by atoms with van der Waals surface area (Å²) in [7, 11) is 0. The van der Waals surface area contributed by atoms with Crippen molar-refractivity contribution in [3.05, 3.63) is 27.4 Å². The topological polar surface area (TPSA) is 33.0 Å². The van der Waals surface area contributed by atoms with Gasteiger partial charge in [-0.1, -0.05) is 11.6 Å². The number of benzene rings is 1. The highest BCUT2D eigenvalue weighted by Gasteiger charge is 2.07. The first-order valence-electron chi connectivity index (χ1n) is 3.29. The van der Waals surface area contributed by atoms with Gasteiger partial charge in [0.2, 0.25) is 0 Å². The van der Waals surface area contributed by atoms with E-state index in [0.717, 1.165) is 6.07 Å². The van der Waals surface area contributed by atoms with Crippen LogP contribution in [0.1, 0.15) is 0 Å². The molecule has 5 heteroatoms. The van der Waals surface area contributed by atoms with Crippen molar-refractivity contribution in [2.24, 2.45) is 0 Å². The second kappa shape index (κ2) is 4.45. The van der Waals surface area contributed by atoms with Crippen molar-refractivity contribution in [3.8, 4) is 11.8 Å². The van der Waals surface area contributed by atoms with Crippen LogP contribution in [0.3, 0.4) is 0 Å². The summed E-state index contributed by atoms with van der Waals surface area (Å²) in [4.78, 5) is 0. The van der Waals surface area contributed by atoms with Crippen LogP contribution in [-0.4, -0.2) is 6.61 Å². The van der Waals surface area contributed by atoms with Gasteiger partial charge >= 0.3 is 0 Å². The molecule has 0 aromatic heterocycles. The molecule has 0 fully saturated rings. The number of ether oxygens (including phenoxy) is 1. The van der Waals surface area contributed by atoms with Gasteiger partial charge in [-0.2, -0.15) is 5.26 Å². The van der Waals surface area contributed by atoms with Gasteiger partial charge in [0.15, 0.2) is 6.61 Å². The average molecular weight is 264 g/mol. The molecule has 0 bridgehead atoms. The number of nitrogens with zero attached hydrogens (tertiary/aromatic N) is 1. The van der Waals surface area contributed by atoms with Crippen molar-refractivity contribution in [3.63, 3.8) is 0 Å². The molecule has 13 heavy (non-hydrogen) atoms. The lowest BCUT2D eigenvalue weighted by Crippen LogP contribution is -1.95. The van der Waals surface area contributed by atoms with E-state index in [2.05, 4.69) is 15.9 Å². The van der Waals surface area contributed by atoms with Gasteiger partial charge in [-0.05, 0) is 22.0 Å². The second-order valence-corrected chi connectivity index (χ2v) is 3.41. The summed E-state index contributed by atoms with van der Waals surface area (Å²) in [5.41, 5.74) is 0. The van der Waals surface area contributed by atoms with Gasteiger partial charge in [-0.3, -0.25) is 0 Å². The van der Waals surface area contributed by atoms with E-state index in [1.807, 2.05) is 0 Å². The monoisotopic (exact) mass is 263 g/mol. The molecule has 0 saturated carbocycles. The highest BCUT2D eigenvalue weighted by atomic mass is 79.9. The molecule has 0 heterocycles. The minimum Gasteiger partial charge on any atom is -0.477 e. The van der Waals surface area contributed by atoms with Crippen molar-refractivity contribution in [2.45, 2.75) is 0 Å². The largest absolute Gasteiger partial charge is 0.477 e. The maximum Gasteiger partial charge on any atom is 0.174 e. The Morgan fingerprint density at radius 3 is 2.92 bits per heavy atom. The Kier molecular flexibility index (Phi) is 3.52. The maximum atomic E-state index is 12.9. The standard InChI is InChI=1S/C8H4BrClFNO/c9-5-3-6(10)8(4-7(5)11)13-2-1-12/h3-4H,2H2. The SMILES string of the molecule is N#CCOc1cc(F)c(Br)cc1Cl. The molecule has 2 nitrogen and oxygen atoms in total. The van der Waals surface area contributed by atoms with E-state index < -0.39 is 5.82 Å². The second-order valence-electron chi connectivity index (χ2n) is 2.14. The van der Waals surface area contributed by atoms with Crippen molar-refractivity contribution in [1.29, 1.82) is 5.26 Å². The van der Waals surface area contributed by atoms with Crippen LogP contribution in [0.15, 0.2) is 16.6 Å². The van der Waals surface area contributed by atoms with Gasteiger partial charge in [-0.25, -0.2) is 4.39 Å². The summed E-state index contributed by atoms with van der Waals surface area (Å²) in [6.45, 7) is -0.152. The van der Waals surface area contributed by atoms with E-state index in [1.165, 1.54) is 6.07 Å². The first-order valence-corrected chi connectivity index (χ1v) is 4.46. The van der Waals surface area contributed by atoms with Crippen LogP contribution in [0.2, 0.25) is 5.02 Å². The first-order chi connectivity index (χ1) is 6.15. The fourth-order valence-corrected chi connectivity index (χ4v) is 1.42. The Labute approximate surface area is 88.0 Å². The predicted molar refractivity (Wildman–Crippen MR) is 50.2 cm³/mol. The van der Waals surface area contributed by atoms with Crippen LogP contribution in [0.25, 0.3) is 0 Å². The van der Waals surface area contributed by atoms with E-state index in [-0.39, 0.29) is 21.9 Å². The molecule has 0 unspecified atom stereocenters. The minimum absolute atomic E-state index is 0.152. The molecule has 0 atom stereocenters. The van der Waals surface area contributed by atoms with Crippen molar-refractivity contribution < 1.29 is 9.13 Å². The zero-order valence-corrected chi connectivity index (χ0v) is 8.69. The summed E-state index contributed by atoms with van der Waals surface area (Å²) in [6.07, 6.45) is 0. The number of rotatable bonds is 2. The molecule has 0 amide bonds. The molecule has 0 N–H and O–H groups in total. The van der Waals surface area contributed by atoms with Crippen LogP contribution < -0.4 is 4.74 Å². The van der Waals surface area contributed by atoms with Gasteiger partial charge in [0, 0.05) is 6.07 Å². The zero-order chi connectivity index (χ0) is 9.84. The highest BCUT2D eigenvalue weighted by molar-refractivity contribution is 9.10. The quantitative estimate of drug-likeness (QED) is 0.769. The Balaban J connectivity index is 2.96. The molecule has 1 rings (SSSR count). The molecule has 0 saturated heterocycles. The van der Waals surface area contributed by atoms with Crippen LogP contribution in [-0.2, 0) is 0 Å². The van der Waals surface area contributed by atoms with Gasteiger partial charge in [-0.15, -0.1) is 0 Å². The summed E-state index contributed by atoms with van der Waals surface area (Å²) in [6, 6.07) is 4.27. The third-order valence-electron chi connectivity index (χ3n) is 1.27. The molecular formula is C8H4BrClFNO. The molecule has 0 aliphatic heterocycles. The third kappa shape index (κ3) is 2.58. The van der Waals surface area contributed by atoms with E-state index in [0.29, 0.717) is 0 Å². The lowest BCUT2D eigenvalue weighted by Gasteiger charge is -2.04. The summed E-state index contributed by atoms with van der Waals surface area (Å²) in [5.74, 6) is -0.304. The molecule has 0 aliphatic rings. The lowest BCUT2D eigenvalue weighted by molar-refractivity contribution is 0.365. The Morgan fingerprint density at radius 1 is 1.62 bits per heavy atom. The third-order valence-corrected chi connectivity index (χ3v) is 2.17. The molecular weight excluding hydrogens is 260 g/mol. The molecule has 0 spiro atoms. The number of hydrogen-bond donors (Lipinski definition) is 0. The van der Waals surface area contributed by atoms with E-state index >= 15 is 0 Å². The molecule has 0 aliphatic carbocycles. The van der Waals surface area contributed by atoms with Crippen molar-refractivity contribution in [2.75, 3.05) is 6.61 Å². The lowest BCUT2D eigenvalue weighted by atomic mass is 10.3. The van der Waals surface area contributed by atoms with Crippen LogP contribution in [0.5, 0.6) is 5.75 Å². The maximum absolute atomic E-state index is 12.9. The Bertz CT molecular complexity index is 364. The Hall–Kier alpha value is -0.790. The number of nitriles is 1. The van der Waals surface area contributed by atoms with Crippen molar-refractivity contribution in [1.82, 2.24) is 0 Å². The van der Waals surface area contributed by atoms with Gasteiger partial charge in [0.05, 0.1) is 9.50 Å². The van der Waals surface area contributed by atoms with E-state index in [9.17, 15) is 4.39 Å². The minimum atomic E-state index is -0.475. The fourth-order valence-electron chi connectivity index (χ4n) is 0.725. The van der Waals surface area contributed by atoms with E-state index in [1.54, 1.807) is 6.07 Å². The van der Waals surface area contributed by atoms with Crippen LogP contribution in [0, 0.1) is 17.1 Å². The predicted octanol–water partition coefficient (Wildman–Crippen LogP) is 3.14. The van der Waals surface area contributed by atoms with Crippen LogP contribution >= 0.6 is 27.5 Å². The molecule has 0 radical (unpaired) electrons. The summed E-state index contributed by atoms with van der Waals surface area (Å²) < 4.78 is 18.1. The normalized spacial score (nSPS) is 9.38. The van der Waals surface area contributed by atoms with E-state index in [4.69, 9.17) is 21.6 Å². The first kappa shape index (κ1) is 10.3. The van der Waals surface area contributed by atoms with Crippen LogP contribution in [0.4, 0.5) is 4.39 Å². The highest BCUT2D eigenvalue weighted by Crippen LogP contribution is 2.30. The summed E-state index contributed by atoms with van der Waals surface area (Å²) >= 11 is 8.67. The Morgan fingerprint density at radius 2 is 2.31 bits per heavy atom. The molecule has 1 aromatic rings. The van der Waals surface area contributed by atoms with Gasteiger partial charge in [0.25, 0.3) is 0 Å².